The van der Waals surface area contributed by atoms with Crippen LogP contribution in [0.5, 0.6) is 0 Å². The molecule has 1 N–H and O–H groups in total. The molecular weight excluding hydrogens is 341 g/mol. The molecule has 0 amide bonds. The molecule has 1 aliphatic heterocycles. The number of aromatic nitrogens is 1. The highest BCUT2D eigenvalue weighted by atomic mass is 35.5. The van der Waals surface area contributed by atoms with E-state index in [1.165, 1.54) is 30.6 Å². The van der Waals surface area contributed by atoms with Crippen LogP contribution in [-0.2, 0) is 0 Å². The standard InChI is InChI=1S/C15H25N3OS.2ClH/c1-3-8-16-15-17-12(2)14(20-15)13(19)7-11-18-9-5-4-6-10-18;;/h3-11H2,1-2H3,(H,16,17);2*1H. The summed E-state index contributed by atoms with van der Waals surface area (Å²) in [5.41, 5.74) is 0.872. The molecule has 0 atom stereocenters. The molecule has 22 heavy (non-hydrogen) atoms. The fourth-order valence-electron chi connectivity index (χ4n) is 2.52. The molecule has 7 heteroatoms. The molecule has 0 aromatic carbocycles. The summed E-state index contributed by atoms with van der Waals surface area (Å²) in [5.74, 6) is 0.245. The van der Waals surface area contributed by atoms with Crippen LogP contribution in [0.3, 0.4) is 0 Å². The summed E-state index contributed by atoms with van der Waals surface area (Å²) in [6.45, 7) is 8.17. The van der Waals surface area contributed by atoms with Crippen LogP contribution in [0.4, 0.5) is 5.13 Å². The van der Waals surface area contributed by atoms with Gasteiger partial charge in [0.05, 0.1) is 10.6 Å². The summed E-state index contributed by atoms with van der Waals surface area (Å²) >= 11 is 1.50. The molecule has 2 rings (SSSR count). The van der Waals surface area contributed by atoms with E-state index in [0.29, 0.717) is 6.42 Å². The molecular formula is C15H27Cl2N3OS. The Labute approximate surface area is 149 Å². The number of nitrogens with one attached hydrogen (secondary N) is 1. The molecule has 0 spiro atoms. The molecule has 1 aliphatic rings. The molecule has 1 aromatic rings. The lowest BCUT2D eigenvalue weighted by Crippen LogP contribution is -2.31. The van der Waals surface area contributed by atoms with Crippen molar-refractivity contribution in [1.29, 1.82) is 0 Å². The zero-order valence-corrected chi connectivity index (χ0v) is 15.8. The zero-order valence-electron chi connectivity index (χ0n) is 13.4. The van der Waals surface area contributed by atoms with Crippen LogP contribution in [0, 0.1) is 6.92 Å². The quantitative estimate of drug-likeness (QED) is 0.734. The molecule has 0 radical (unpaired) electrons. The highest BCUT2D eigenvalue weighted by Gasteiger charge is 2.17. The fourth-order valence-corrected chi connectivity index (χ4v) is 3.48. The first-order valence-electron chi connectivity index (χ1n) is 7.67. The molecule has 2 heterocycles. The maximum Gasteiger partial charge on any atom is 0.183 e. The van der Waals surface area contributed by atoms with Crippen molar-refractivity contribution in [2.45, 2.75) is 46.0 Å². The minimum absolute atomic E-state index is 0. The molecule has 1 fully saturated rings. The first kappa shape index (κ1) is 21.6. The fraction of sp³-hybridized carbons (Fsp3) is 0.733. The Morgan fingerprint density at radius 3 is 2.59 bits per heavy atom. The van der Waals surface area contributed by atoms with Gasteiger partial charge in [0.2, 0.25) is 0 Å². The number of carbonyl (C=O) groups is 1. The van der Waals surface area contributed by atoms with Crippen molar-refractivity contribution in [2.75, 3.05) is 31.5 Å². The Kier molecular flexibility index (Phi) is 11.0. The average Bonchev–Trinajstić information content (AvgIpc) is 2.85. The van der Waals surface area contributed by atoms with Gasteiger partial charge in [0, 0.05) is 19.5 Å². The Bertz CT molecular complexity index is 448. The lowest BCUT2D eigenvalue weighted by Gasteiger charge is -2.25. The lowest BCUT2D eigenvalue weighted by molar-refractivity contribution is 0.0962. The molecule has 1 aromatic heterocycles. The number of nitrogens with zero attached hydrogens (tertiary/aromatic N) is 2. The Morgan fingerprint density at radius 1 is 1.27 bits per heavy atom. The maximum absolute atomic E-state index is 12.3. The van der Waals surface area contributed by atoms with Crippen LogP contribution in [0.1, 0.15) is 54.4 Å². The van der Waals surface area contributed by atoms with Crippen LogP contribution < -0.4 is 5.32 Å². The smallest absolute Gasteiger partial charge is 0.183 e. The second-order valence-electron chi connectivity index (χ2n) is 5.44. The normalized spacial score (nSPS) is 14.8. The van der Waals surface area contributed by atoms with Gasteiger partial charge in [-0.15, -0.1) is 24.8 Å². The molecule has 0 bridgehead atoms. The Hall–Kier alpha value is -0.360. The van der Waals surface area contributed by atoms with E-state index in [9.17, 15) is 4.79 Å². The minimum Gasteiger partial charge on any atom is -0.362 e. The molecule has 0 saturated carbocycles. The van der Waals surface area contributed by atoms with Crippen molar-refractivity contribution in [1.82, 2.24) is 9.88 Å². The highest BCUT2D eigenvalue weighted by molar-refractivity contribution is 7.17. The lowest BCUT2D eigenvalue weighted by atomic mass is 10.1. The first-order chi connectivity index (χ1) is 9.70. The van der Waals surface area contributed by atoms with Gasteiger partial charge < -0.3 is 10.2 Å². The third kappa shape index (κ3) is 6.41. The van der Waals surface area contributed by atoms with Crippen molar-refractivity contribution in [2.24, 2.45) is 0 Å². The Balaban J connectivity index is 0.00000220. The number of piperidine rings is 1. The van der Waals surface area contributed by atoms with Gasteiger partial charge in [-0.3, -0.25) is 4.79 Å². The second kappa shape index (κ2) is 11.2. The number of anilines is 1. The number of rotatable bonds is 7. The van der Waals surface area contributed by atoms with Crippen LogP contribution in [-0.4, -0.2) is 41.8 Å². The Morgan fingerprint density at radius 2 is 1.95 bits per heavy atom. The molecule has 128 valence electrons. The number of ketones is 1. The van der Waals surface area contributed by atoms with E-state index < -0.39 is 0 Å². The van der Waals surface area contributed by atoms with E-state index in [1.807, 2.05) is 6.92 Å². The summed E-state index contributed by atoms with van der Waals surface area (Å²) in [5, 5.41) is 4.14. The number of hydrogen-bond donors (Lipinski definition) is 1. The van der Waals surface area contributed by atoms with Crippen molar-refractivity contribution in [3.8, 4) is 0 Å². The second-order valence-corrected chi connectivity index (χ2v) is 6.43. The molecule has 0 aliphatic carbocycles. The number of hydrogen-bond acceptors (Lipinski definition) is 5. The zero-order chi connectivity index (χ0) is 14.4. The van der Waals surface area contributed by atoms with Crippen molar-refractivity contribution < 1.29 is 4.79 Å². The van der Waals surface area contributed by atoms with E-state index in [4.69, 9.17) is 0 Å². The maximum atomic E-state index is 12.3. The monoisotopic (exact) mass is 367 g/mol. The van der Waals surface area contributed by atoms with Gasteiger partial charge in [-0.25, -0.2) is 4.98 Å². The number of aryl methyl sites for hydroxylation is 1. The van der Waals surface area contributed by atoms with Crippen molar-refractivity contribution in [3.05, 3.63) is 10.6 Å². The predicted octanol–water partition coefficient (Wildman–Crippen LogP) is 4.18. The summed E-state index contributed by atoms with van der Waals surface area (Å²) in [6.07, 6.45) is 5.58. The first-order valence-corrected chi connectivity index (χ1v) is 8.49. The van der Waals surface area contributed by atoms with Gasteiger partial charge in [0.15, 0.2) is 10.9 Å². The van der Waals surface area contributed by atoms with E-state index in [0.717, 1.165) is 48.3 Å². The summed E-state index contributed by atoms with van der Waals surface area (Å²) in [4.78, 5) is 20.0. The average molecular weight is 368 g/mol. The van der Waals surface area contributed by atoms with E-state index in [-0.39, 0.29) is 30.6 Å². The summed E-state index contributed by atoms with van der Waals surface area (Å²) < 4.78 is 0. The number of Topliss-reactive ketones (excluding diaryl/α,β-unsaturated/α-hetero) is 1. The van der Waals surface area contributed by atoms with Gasteiger partial charge >= 0.3 is 0 Å². The van der Waals surface area contributed by atoms with Gasteiger partial charge in [-0.2, -0.15) is 0 Å². The third-order valence-corrected chi connectivity index (χ3v) is 4.84. The predicted molar refractivity (Wildman–Crippen MR) is 99.4 cm³/mol. The van der Waals surface area contributed by atoms with Crippen molar-refractivity contribution >= 4 is 47.1 Å². The van der Waals surface area contributed by atoms with Crippen molar-refractivity contribution in [3.63, 3.8) is 0 Å². The SMILES string of the molecule is CCCNc1nc(C)c(C(=O)CCN2CCCCC2)s1.Cl.Cl. The van der Waals surface area contributed by atoms with Gasteiger partial charge in [0.25, 0.3) is 0 Å². The number of likely N-dealkylation sites (tertiary alicyclic amines) is 1. The molecule has 4 nitrogen and oxygen atoms in total. The number of halogens is 2. The van der Waals surface area contributed by atoms with Gasteiger partial charge in [0.1, 0.15) is 0 Å². The van der Waals surface area contributed by atoms with Gasteiger partial charge in [-0.1, -0.05) is 24.7 Å². The van der Waals surface area contributed by atoms with Crippen LogP contribution in [0.2, 0.25) is 0 Å². The molecule has 0 unspecified atom stereocenters. The van der Waals surface area contributed by atoms with Crippen LogP contribution >= 0.6 is 36.2 Å². The topological polar surface area (TPSA) is 45.2 Å². The van der Waals surface area contributed by atoms with Crippen LogP contribution in [0.15, 0.2) is 0 Å². The minimum atomic E-state index is 0. The van der Waals surface area contributed by atoms with Crippen LogP contribution in [0.25, 0.3) is 0 Å². The van der Waals surface area contributed by atoms with E-state index in [2.05, 4.69) is 22.1 Å². The van der Waals surface area contributed by atoms with Gasteiger partial charge in [-0.05, 0) is 39.3 Å². The largest absolute Gasteiger partial charge is 0.362 e. The third-order valence-electron chi connectivity index (χ3n) is 3.68. The molecule has 1 saturated heterocycles. The van der Waals surface area contributed by atoms with E-state index >= 15 is 0 Å². The highest BCUT2D eigenvalue weighted by Crippen LogP contribution is 2.24. The summed E-state index contributed by atoms with van der Waals surface area (Å²) in [6, 6.07) is 0. The summed E-state index contributed by atoms with van der Waals surface area (Å²) in [7, 11) is 0. The van der Waals surface area contributed by atoms with E-state index in [1.54, 1.807) is 0 Å². The number of carbonyl (C=O) groups excluding carboxylic acids is 1. The number of thiazole rings is 1.